The van der Waals surface area contributed by atoms with Crippen LogP contribution in [0.1, 0.15) is 27.7 Å². The minimum absolute atomic E-state index is 0.362. The number of rotatable bonds is 6. The first-order chi connectivity index (χ1) is 8.51. The van der Waals surface area contributed by atoms with Crippen molar-refractivity contribution >= 4 is 11.6 Å². The van der Waals surface area contributed by atoms with Crippen molar-refractivity contribution in [3.05, 3.63) is 6.33 Å². The predicted molar refractivity (Wildman–Crippen MR) is 75.5 cm³/mol. The number of nitrogens with zero attached hydrogens (tertiary/aromatic N) is 3. The molecule has 18 heavy (non-hydrogen) atoms. The van der Waals surface area contributed by atoms with Gasteiger partial charge in [-0.15, -0.1) is 0 Å². The Morgan fingerprint density at radius 2 is 1.94 bits per heavy atom. The van der Waals surface area contributed by atoms with Crippen LogP contribution in [0.25, 0.3) is 0 Å². The van der Waals surface area contributed by atoms with Gasteiger partial charge < -0.3 is 15.0 Å². The van der Waals surface area contributed by atoms with Crippen molar-refractivity contribution in [3.63, 3.8) is 0 Å². The molecule has 0 unspecified atom stereocenters. The Balaban J connectivity index is 3.18. The van der Waals surface area contributed by atoms with Crippen molar-refractivity contribution in [3.8, 4) is 5.75 Å². The zero-order valence-electron chi connectivity index (χ0n) is 12.2. The summed E-state index contributed by atoms with van der Waals surface area (Å²) in [5.74, 6) is 2.83. The zero-order chi connectivity index (χ0) is 13.7. The molecule has 0 bridgehead atoms. The van der Waals surface area contributed by atoms with Gasteiger partial charge in [-0.2, -0.15) is 0 Å². The Kier molecular flexibility index (Phi) is 5.19. The van der Waals surface area contributed by atoms with E-state index in [1.807, 2.05) is 7.05 Å². The fraction of sp³-hybridized carbons (Fsp3) is 0.692. The number of aromatic nitrogens is 2. The van der Waals surface area contributed by atoms with E-state index in [0.717, 1.165) is 18.2 Å². The van der Waals surface area contributed by atoms with Crippen molar-refractivity contribution in [1.82, 2.24) is 9.97 Å². The SMILES string of the molecule is CNc1ncnc(N(CC(C)C)C(C)C)c1OC. The van der Waals surface area contributed by atoms with Gasteiger partial charge in [0.2, 0.25) is 5.75 Å². The first-order valence-electron chi connectivity index (χ1n) is 6.34. The van der Waals surface area contributed by atoms with Crippen LogP contribution in [-0.4, -0.2) is 36.7 Å². The molecule has 5 nitrogen and oxygen atoms in total. The van der Waals surface area contributed by atoms with E-state index in [1.54, 1.807) is 13.4 Å². The molecule has 0 fully saturated rings. The zero-order valence-corrected chi connectivity index (χ0v) is 12.2. The molecule has 0 aromatic carbocycles. The van der Waals surface area contributed by atoms with Crippen molar-refractivity contribution in [2.24, 2.45) is 5.92 Å². The van der Waals surface area contributed by atoms with Gasteiger partial charge in [0, 0.05) is 19.6 Å². The summed E-state index contributed by atoms with van der Waals surface area (Å²) in [7, 11) is 3.48. The minimum atomic E-state index is 0.362. The molecule has 0 aliphatic carbocycles. The summed E-state index contributed by atoms with van der Waals surface area (Å²) >= 11 is 0. The highest BCUT2D eigenvalue weighted by molar-refractivity contribution is 5.64. The van der Waals surface area contributed by atoms with Crippen LogP contribution < -0.4 is 15.0 Å². The summed E-state index contributed by atoms with van der Waals surface area (Å²) in [6, 6.07) is 0.362. The van der Waals surface area contributed by atoms with Crippen molar-refractivity contribution in [1.29, 1.82) is 0 Å². The highest BCUT2D eigenvalue weighted by atomic mass is 16.5. The Bertz CT molecular complexity index is 379. The highest BCUT2D eigenvalue weighted by Gasteiger charge is 2.20. The molecule has 0 saturated heterocycles. The second-order valence-corrected chi connectivity index (χ2v) is 4.97. The molecule has 1 heterocycles. The number of hydrogen-bond donors (Lipinski definition) is 1. The number of anilines is 2. The minimum Gasteiger partial charge on any atom is -0.490 e. The summed E-state index contributed by atoms with van der Waals surface area (Å²) in [5, 5.41) is 3.03. The van der Waals surface area contributed by atoms with Gasteiger partial charge in [0.25, 0.3) is 0 Å². The van der Waals surface area contributed by atoms with E-state index >= 15 is 0 Å². The summed E-state index contributed by atoms with van der Waals surface area (Å²) in [6.45, 7) is 9.64. The molecule has 1 N–H and O–H groups in total. The quantitative estimate of drug-likeness (QED) is 0.842. The Morgan fingerprint density at radius 1 is 1.28 bits per heavy atom. The van der Waals surface area contributed by atoms with Crippen molar-refractivity contribution in [2.45, 2.75) is 33.7 Å². The van der Waals surface area contributed by atoms with Crippen LogP contribution in [0.3, 0.4) is 0 Å². The second-order valence-electron chi connectivity index (χ2n) is 4.97. The maximum absolute atomic E-state index is 5.45. The molecule has 1 rings (SSSR count). The molecule has 102 valence electrons. The highest BCUT2D eigenvalue weighted by Crippen LogP contribution is 2.32. The molecule has 0 amide bonds. The van der Waals surface area contributed by atoms with E-state index in [-0.39, 0.29) is 0 Å². The van der Waals surface area contributed by atoms with E-state index in [0.29, 0.717) is 17.7 Å². The van der Waals surface area contributed by atoms with Crippen LogP contribution in [0.15, 0.2) is 6.33 Å². The van der Waals surface area contributed by atoms with E-state index < -0.39 is 0 Å². The normalized spacial score (nSPS) is 10.9. The molecule has 5 heteroatoms. The van der Waals surface area contributed by atoms with Crippen LogP contribution in [0.5, 0.6) is 5.75 Å². The van der Waals surface area contributed by atoms with Crippen LogP contribution in [0.4, 0.5) is 11.6 Å². The smallest absolute Gasteiger partial charge is 0.204 e. The van der Waals surface area contributed by atoms with Crippen molar-refractivity contribution in [2.75, 3.05) is 30.9 Å². The lowest BCUT2D eigenvalue weighted by atomic mass is 10.1. The van der Waals surface area contributed by atoms with E-state index in [4.69, 9.17) is 4.74 Å². The van der Waals surface area contributed by atoms with Crippen LogP contribution in [0, 0.1) is 5.92 Å². The van der Waals surface area contributed by atoms with Gasteiger partial charge in [-0.25, -0.2) is 9.97 Å². The summed E-state index contributed by atoms with van der Waals surface area (Å²) in [6.07, 6.45) is 1.57. The average Bonchev–Trinajstić information content (AvgIpc) is 2.34. The molecular weight excluding hydrogens is 228 g/mol. The maximum Gasteiger partial charge on any atom is 0.204 e. The lowest BCUT2D eigenvalue weighted by molar-refractivity contribution is 0.409. The third-order valence-electron chi connectivity index (χ3n) is 2.68. The molecule has 0 spiro atoms. The molecule has 1 aromatic rings. The third-order valence-corrected chi connectivity index (χ3v) is 2.68. The maximum atomic E-state index is 5.45. The van der Waals surface area contributed by atoms with Crippen LogP contribution in [0.2, 0.25) is 0 Å². The molecule has 0 saturated carbocycles. The Labute approximate surface area is 110 Å². The Morgan fingerprint density at radius 3 is 2.39 bits per heavy atom. The lowest BCUT2D eigenvalue weighted by Crippen LogP contribution is -2.35. The first-order valence-corrected chi connectivity index (χ1v) is 6.34. The van der Waals surface area contributed by atoms with Gasteiger partial charge in [0.15, 0.2) is 11.6 Å². The molecule has 1 aromatic heterocycles. The topological polar surface area (TPSA) is 50.3 Å². The monoisotopic (exact) mass is 252 g/mol. The predicted octanol–water partition coefficient (Wildman–Crippen LogP) is 2.40. The Hall–Kier alpha value is -1.52. The summed E-state index contributed by atoms with van der Waals surface area (Å²) in [4.78, 5) is 10.8. The lowest BCUT2D eigenvalue weighted by Gasteiger charge is -2.30. The molecular formula is C13H24N4O. The second kappa shape index (κ2) is 6.42. The number of methoxy groups -OCH3 is 1. The van der Waals surface area contributed by atoms with Gasteiger partial charge in [0.1, 0.15) is 6.33 Å². The van der Waals surface area contributed by atoms with Crippen molar-refractivity contribution < 1.29 is 4.74 Å². The van der Waals surface area contributed by atoms with Crippen LogP contribution >= 0.6 is 0 Å². The van der Waals surface area contributed by atoms with Gasteiger partial charge >= 0.3 is 0 Å². The average molecular weight is 252 g/mol. The van der Waals surface area contributed by atoms with Gasteiger partial charge in [-0.3, -0.25) is 0 Å². The summed E-state index contributed by atoms with van der Waals surface area (Å²) < 4.78 is 5.45. The number of ether oxygens (including phenoxy) is 1. The first kappa shape index (κ1) is 14.5. The van der Waals surface area contributed by atoms with E-state index in [9.17, 15) is 0 Å². The fourth-order valence-corrected chi connectivity index (χ4v) is 1.87. The van der Waals surface area contributed by atoms with Crippen LogP contribution in [-0.2, 0) is 0 Å². The van der Waals surface area contributed by atoms with Gasteiger partial charge in [-0.05, 0) is 19.8 Å². The molecule has 0 aliphatic heterocycles. The third kappa shape index (κ3) is 3.24. The van der Waals surface area contributed by atoms with E-state index in [1.165, 1.54) is 0 Å². The van der Waals surface area contributed by atoms with E-state index in [2.05, 4.69) is 47.9 Å². The standard InChI is InChI=1S/C13H24N4O/c1-9(2)7-17(10(3)4)13-11(18-6)12(14-5)15-8-16-13/h8-10H,7H2,1-6H3,(H,14,15,16). The van der Waals surface area contributed by atoms with Gasteiger partial charge in [0.05, 0.1) is 7.11 Å². The molecule has 0 aliphatic rings. The number of nitrogens with one attached hydrogen (secondary N) is 1. The summed E-state index contributed by atoms with van der Waals surface area (Å²) in [5.41, 5.74) is 0. The van der Waals surface area contributed by atoms with Gasteiger partial charge in [-0.1, -0.05) is 13.8 Å². The fourth-order valence-electron chi connectivity index (χ4n) is 1.87. The largest absolute Gasteiger partial charge is 0.490 e. The molecule has 0 atom stereocenters. The molecule has 0 radical (unpaired) electrons. The number of hydrogen-bond acceptors (Lipinski definition) is 5.